The molecule has 0 aromatic carbocycles. The quantitative estimate of drug-likeness (QED) is 0.300. The Morgan fingerprint density at radius 3 is 2.27 bits per heavy atom. The summed E-state index contributed by atoms with van der Waals surface area (Å²) in [4.78, 5) is 51.9. The van der Waals surface area contributed by atoms with Crippen molar-refractivity contribution in [2.24, 2.45) is 39.4 Å². The van der Waals surface area contributed by atoms with Crippen molar-refractivity contribution in [3.63, 3.8) is 0 Å². The summed E-state index contributed by atoms with van der Waals surface area (Å²) in [5, 5.41) is 36.0. The summed E-state index contributed by atoms with van der Waals surface area (Å²) in [6.07, 6.45) is 5.66. The van der Waals surface area contributed by atoms with E-state index in [1.807, 2.05) is 26.8 Å². The maximum absolute atomic E-state index is 14.2. The third kappa shape index (κ3) is 4.00. The van der Waals surface area contributed by atoms with Crippen molar-refractivity contribution in [2.45, 2.75) is 98.9 Å². The van der Waals surface area contributed by atoms with Gasteiger partial charge in [-0.15, -0.1) is 0 Å². The fourth-order valence-electron chi connectivity index (χ4n) is 8.96. The zero-order valence-corrected chi connectivity index (χ0v) is 25.1. The van der Waals surface area contributed by atoms with Gasteiger partial charge in [-0.3, -0.25) is 19.2 Å². The van der Waals surface area contributed by atoms with Gasteiger partial charge in [0.1, 0.15) is 17.0 Å². The fraction of sp³-hybridized carbons (Fsp3) is 0.688. The third-order valence-corrected chi connectivity index (χ3v) is 11.2. The lowest BCUT2D eigenvalue weighted by molar-refractivity contribution is -0.301. The summed E-state index contributed by atoms with van der Waals surface area (Å²) < 4.78 is 5.22. The van der Waals surface area contributed by atoms with Crippen LogP contribution >= 0.6 is 0 Å². The Kier molecular flexibility index (Phi) is 6.80. The Morgan fingerprint density at radius 2 is 1.70 bits per heavy atom. The average Bonchev–Trinajstić information content (AvgIpc) is 3.01. The van der Waals surface area contributed by atoms with E-state index < -0.39 is 74.1 Å². The number of carbonyl (C=O) groups is 4. The Morgan fingerprint density at radius 1 is 1.10 bits per heavy atom. The molecule has 2 N–H and O–H groups in total. The van der Waals surface area contributed by atoms with Crippen LogP contribution in [-0.4, -0.2) is 50.8 Å². The summed E-state index contributed by atoms with van der Waals surface area (Å²) in [6.45, 7) is 15.1. The number of aliphatic hydroxyl groups is 2. The molecule has 4 aliphatic rings. The van der Waals surface area contributed by atoms with Crippen LogP contribution in [0.15, 0.2) is 35.6 Å². The number of carbonyl (C=O) groups excluding carboxylic acids is 4. The van der Waals surface area contributed by atoms with E-state index in [0.717, 1.165) is 5.57 Å². The Labute approximate surface area is 236 Å². The van der Waals surface area contributed by atoms with Gasteiger partial charge in [-0.1, -0.05) is 44.3 Å². The minimum absolute atomic E-state index is 0.00446. The smallest absolute Gasteiger partial charge is 0.303 e. The topological polar surface area (TPSA) is 141 Å². The number of fused-ring (bicyclic) bond motifs is 5. The first kappa shape index (κ1) is 30.4. The Balaban J connectivity index is 1.76. The van der Waals surface area contributed by atoms with E-state index in [1.54, 1.807) is 27.7 Å². The first-order valence-electron chi connectivity index (χ1n) is 14.1. The molecule has 0 aliphatic heterocycles. The lowest BCUT2D eigenvalue weighted by Crippen LogP contribution is -2.64. The van der Waals surface area contributed by atoms with Crippen LogP contribution < -0.4 is 5.11 Å². The number of allylic oxidation sites excluding steroid dienone is 4. The molecule has 0 aromatic rings. The van der Waals surface area contributed by atoms with Crippen molar-refractivity contribution in [3.05, 3.63) is 35.6 Å². The number of ketones is 3. The van der Waals surface area contributed by atoms with Gasteiger partial charge in [-0.05, 0) is 76.4 Å². The molecule has 2 saturated carbocycles. The van der Waals surface area contributed by atoms with Crippen LogP contribution in [0.25, 0.3) is 0 Å². The second-order valence-corrected chi connectivity index (χ2v) is 14.4. The van der Waals surface area contributed by atoms with Crippen LogP contribution in [0.2, 0.25) is 0 Å². The van der Waals surface area contributed by atoms with Gasteiger partial charge >= 0.3 is 5.97 Å². The van der Waals surface area contributed by atoms with Gasteiger partial charge < -0.3 is 20.1 Å². The molecule has 8 heteroatoms. The van der Waals surface area contributed by atoms with Gasteiger partial charge in [0.2, 0.25) is 0 Å². The van der Waals surface area contributed by atoms with Crippen molar-refractivity contribution >= 4 is 23.3 Å². The summed E-state index contributed by atoms with van der Waals surface area (Å²) in [6, 6.07) is 0. The average molecular weight is 556 g/mol. The normalized spacial score (nSPS) is 40.4. The van der Waals surface area contributed by atoms with Gasteiger partial charge in [-0.25, -0.2) is 0 Å². The molecule has 0 spiro atoms. The van der Waals surface area contributed by atoms with Crippen LogP contribution in [-0.2, 0) is 23.9 Å². The van der Waals surface area contributed by atoms with Crippen LogP contribution in [0.1, 0.15) is 81.6 Å². The molecule has 0 aromatic heterocycles. The first-order valence-corrected chi connectivity index (χ1v) is 14.1. The first-order chi connectivity index (χ1) is 18.1. The molecule has 3 unspecified atom stereocenters. The largest absolute Gasteiger partial charge is 0.870 e. The Hall–Kier alpha value is -2.58. The molecule has 0 radical (unpaired) electrons. The summed E-state index contributed by atoms with van der Waals surface area (Å²) in [5.41, 5.74) is -5.91. The molecule has 8 atom stereocenters. The molecule has 0 heterocycles. The molecule has 4 rings (SSSR count). The number of esters is 1. The van der Waals surface area contributed by atoms with Crippen molar-refractivity contribution in [1.29, 1.82) is 0 Å². The molecular formula is C32H43O8-. The molecule has 40 heavy (non-hydrogen) atoms. The monoisotopic (exact) mass is 555 g/mol. The van der Waals surface area contributed by atoms with E-state index in [4.69, 9.17) is 4.74 Å². The summed E-state index contributed by atoms with van der Waals surface area (Å²) >= 11 is 0. The highest BCUT2D eigenvalue weighted by Gasteiger charge is 2.74. The Bertz CT molecular complexity index is 1270. The van der Waals surface area contributed by atoms with Gasteiger partial charge in [-0.2, -0.15) is 0 Å². The highest BCUT2D eigenvalue weighted by atomic mass is 16.6. The highest BCUT2D eigenvalue weighted by Crippen LogP contribution is 2.73. The molecule has 0 amide bonds. The number of rotatable bonds is 5. The predicted octanol–water partition coefficient (Wildman–Crippen LogP) is 2.99. The number of ether oxygens (including phenoxy) is 1. The molecule has 8 nitrogen and oxygen atoms in total. The van der Waals surface area contributed by atoms with Crippen molar-refractivity contribution in [1.82, 2.24) is 0 Å². The lowest BCUT2D eigenvalue weighted by atomic mass is 9.39. The fourth-order valence-corrected chi connectivity index (χ4v) is 8.96. The second-order valence-electron chi connectivity index (χ2n) is 14.4. The maximum atomic E-state index is 14.2. The number of Topliss-reactive ketones (excluding diaryl/α,β-unsaturated/α-hetero) is 2. The standard InChI is InChI=1S/C32H44O8/c1-17(33)40-27(2,3)13-12-23(36)32(9,39)25-21(35)15-29(6)22-11-10-18-19(14-20(34)26(38)28(18,4)5)31(22,8)24(37)16-30(25,29)7/h10,12-14,19,21-22,25,34-35,39H,11,15-16H2,1-9H3/p-1/b13-12+/t19?,21-,22?,25?,29+,30-,31+,32+/m1/s1. The van der Waals surface area contributed by atoms with Crippen LogP contribution in [0.4, 0.5) is 0 Å². The van der Waals surface area contributed by atoms with Crippen molar-refractivity contribution in [3.8, 4) is 0 Å². The van der Waals surface area contributed by atoms with E-state index in [2.05, 4.69) is 0 Å². The van der Waals surface area contributed by atoms with E-state index >= 15 is 0 Å². The molecule has 2 fully saturated rings. The molecule has 220 valence electrons. The summed E-state index contributed by atoms with van der Waals surface area (Å²) in [5.74, 6) is -4.11. The molecule has 4 aliphatic carbocycles. The van der Waals surface area contributed by atoms with Crippen molar-refractivity contribution < 1.29 is 39.2 Å². The minimum atomic E-state index is -2.01. The van der Waals surface area contributed by atoms with E-state index in [0.29, 0.717) is 6.42 Å². The SMILES string of the molecule is CC(=O)OC(C)(C)/C=C/C(=O)[C@](C)(O)C1[C@H](O)C[C@@]2(C)C3CC=C4C(C=C([O-])C(=O)C4(C)C)[C@]3(C)C(=O)C[C@]12C. The zero-order valence-electron chi connectivity index (χ0n) is 25.1. The van der Waals surface area contributed by atoms with Crippen LogP contribution in [0, 0.1) is 39.4 Å². The molecular weight excluding hydrogens is 512 g/mol. The van der Waals surface area contributed by atoms with Gasteiger partial charge in [0.25, 0.3) is 0 Å². The van der Waals surface area contributed by atoms with E-state index in [9.17, 15) is 34.5 Å². The number of aliphatic hydroxyl groups excluding tert-OH is 1. The third-order valence-electron chi connectivity index (χ3n) is 11.2. The summed E-state index contributed by atoms with van der Waals surface area (Å²) in [7, 11) is 0. The number of hydrogen-bond acceptors (Lipinski definition) is 8. The highest BCUT2D eigenvalue weighted by molar-refractivity contribution is 6.02. The van der Waals surface area contributed by atoms with Crippen LogP contribution in [0.3, 0.4) is 0 Å². The predicted molar refractivity (Wildman–Crippen MR) is 145 cm³/mol. The van der Waals surface area contributed by atoms with Crippen molar-refractivity contribution in [2.75, 3.05) is 0 Å². The van der Waals surface area contributed by atoms with Gasteiger partial charge in [0, 0.05) is 36.0 Å². The zero-order chi connectivity index (χ0) is 30.4. The number of hydrogen-bond donors (Lipinski definition) is 2. The van der Waals surface area contributed by atoms with E-state index in [1.165, 1.54) is 32.1 Å². The lowest BCUT2D eigenvalue weighted by Gasteiger charge is -2.64. The molecule has 0 bridgehead atoms. The van der Waals surface area contributed by atoms with Gasteiger partial charge in [0.05, 0.1) is 6.10 Å². The van der Waals surface area contributed by atoms with Crippen LogP contribution in [0.5, 0.6) is 0 Å². The molecule has 0 saturated heterocycles. The maximum Gasteiger partial charge on any atom is 0.303 e. The van der Waals surface area contributed by atoms with Gasteiger partial charge in [0.15, 0.2) is 11.6 Å². The van der Waals surface area contributed by atoms with E-state index in [-0.39, 0.29) is 24.5 Å². The minimum Gasteiger partial charge on any atom is -0.870 e. The second kappa shape index (κ2) is 8.96.